The van der Waals surface area contributed by atoms with Crippen LogP contribution in [-0.2, 0) is 16.6 Å². The summed E-state index contributed by atoms with van der Waals surface area (Å²) in [4.78, 5) is 0. The Labute approximate surface area is 204 Å². The van der Waals surface area contributed by atoms with Crippen LogP contribution in [0.3, 0.4) is 0 Å². The number of methoxy groups -OCH3 is 2. The van der Waals surface area contributed by atoms with Crippen molar-refractivity contribution in [2.75, 3.05) is 14.2 Å². The molecular formula is C30H42O4. The SMILES string of the molecule is CC[C@]12C[C@]3([C@](C)(O)C(C)(C)C)[C@@H](C)[C@]3(OC)[C@@H]3Oc4c(OC)ccc5c4[C@@]31CC1(C5)[C@H]2[C@@H]1C. The largest absolute Gasteiger partial charge is 0.493 e. The monoisotopic (exact) mass is 466 g/mol. The van der Waals surface area contributed by atoms with Crippen molar-refractivity contribution in [3.63, 3.8) is 0 Å². The van der Waals surface area contributed by atoms with Crippen LogP contribution in [-0.4, -0.2) is 36.6 Å². The Hall–Kier alpha value is -1.26. The fourth-order valence-corrected chi connectivity index (χ4v) is 11.7. The molecule has 2 bridgehead atoms. The molecule has 10 atom stereocenters. The Morgan fingerprint density at radius 3 is 2.41 bits per heavy atom. The summed E-state index contributed by atoms with van der Waals surface area (Å²) in [5, 5.41) is 12.5. The molecule has 0 radical (unpaired) electrons. The molecule has 4 heteroatoms. The van der Waals surface area contributed by atoms with Crippen LogP contribution in [0.15, 0.2) is 12.1 Å². The van der Waals surface area contributed by atoms with Gasteiger partial charge in [-0.3, -0.25) is 0 Å². The number of aliphatic hydroxyl groups is 1. The summed E-state index contributed by atoms with van der Waals surface area (Å²) in [6.07, 6.45) is 4.40. The second-order valence-corrected chi connectivity index (χ2v) is 14.2. The molecule has 34 heavy (non-hydrogen) atoms. The highest BCUT2D eigenvalue weighted by Gasteiger charge is 2.98. The number of fused-ring (bicyclic) bond motifs is 3. The van der Waals surface area contributed by atoms with Gasteiger partial charge in [0, 0.05) is 29.4 Å². The van der Waals surface area contributed by atoms with Gasteiger partial charge >= 0.3 is 0 Å². The van der Waals surface area contributed by atoms with E-state index in [1.165, 1.54) is 17.5 Å². The second-order valence-electron chi connectivity index (χ2n) is 14.2. The first kappa shape index (κ1) is 22.0. The smallest absolute Gasteiger partial charge is 0.165 e. The van der Waals surface area contributed by atoms with Crippen LogP contribution in [0, 0.1) is 39.4 Å². The summed E-state index contributed by atoms with van der Waals surface area (Å²) < 4.78 is 19.7. The van der Waals surface area contributed by atoms with Gasteiger partial charge in [-0.15, -0.1) is 0 Å². The summed E-state index contributed by atoms with van der Waals surface area (Å²) in [7, 11) is 3.63. The van der Waals surface area contributed by atoms with Crippen molar-refractivity contribution in [2.24, 2.45) is 39.4 Å². The molecule has 1 aliphatic heterocycles. The van der Waals surface area contributed by atoms with Crippen molar-refractivity contribution in [2.45, 2.75) is 96.9 Å². The van der Waals surface area contributed by atoms with E-state index in [9.17, 15) is 5.11 Å². The summed E-state index contributed by atoms with van der Waals surface area (Å²) in [6, 6.07) is 4.44. The number of ether oxygens (including phenoxy) is 3. The molecule has 0 amide bonds. The summed E-state index contributed by atoms with van der Waals surface area (Å²) >= 11 is 0. The van der Waals surface area contributed by atoms with Crippen LogP contribution in [0.25, 0.3) is 0 Å². The third-order valence-electron chi connectivity index (χ3n) is 13.4. The van der Waals surface area contributed by atoms with Crippen molar-refractivity contribution in [1.29, 1.82) is 0 Å². The van der Waals surface area contributed by atoms with E-state index >= 15 is 0 Å². The predicted octanol–water partition coefficient (Wildman–Crippen LogP) is 5.52. The van der Waals surface area contributed by atoms with Crippen LogP contribution in [0.1, 0.15) is 78.9 Å². The molecule has 1 unspecified atom stereocenters. The quantitative estimate of drug-likeness (QED) is 0.634. The Kier molecular flexibility index (Phi) is 3.57. The zero-order valence-electron chi connectivity index (χ0n) is 22.5. The molecule has 1 heterocycles. The van der Waals surface area contributed by atoms with Crippen molar-refractivity contribution in [3.8, 4) is 11.5 Å². The zero-order valence-corrected chi connectivity index (χ0v) is 22.5. The lowest BCUT2D eigenvalue weighted by molar-refractivity contribution is -0.211. The third-order valence-corrected chi connectivity index (χ3v) is 13.4. The van der Waals surface area contributed by atoms with Gasteiger partial charge in [-0.1, -0.05) is 47.6 Å². The van der Waals surface area contributed by atoms with E-state index in [4.69, 9.17) is 14.2 Å². The van der Waals surface area contributed by atoms with Gasteiger partial charge in [0.05, 0.1) is 12.7 Å². The van der Waals surface area contributed by atoms with Crippen molar-refractivity contribution in [3.05, 3.63) is 23.3 Å². The molecule has 0 aromatic heterocycles. The Morgan fingerprint density at radius 2 is 1.82 bits per heavy atom. The lowest BCUT2D eigenvalue weighted by Crippen LogP contribution is -2.68. The van der Waals surface area contributed by atoms with Crippen LogP contribution in [0.2, 0.25) is 0 Å². The normalized spacial score (nSPS) is 52.2. The molecule has 2 spiro atoms. The number of hydrogen-bond acceptors (Lipinski definition) is 4. The van der Waals surface area contributed by atoms with E-state index in [0.29, 0.717) is 11.3 Å². The predicted molar refractivity (Wildman–Crippen MR) is 131 cm³/mol. The van der Waals surface area contributed by atoms with Gasteiger partial charge in [0.25, 0.3) is 0 Å². The maximum absolute atomic E-state index is 12.5. The third kappa shape index (κ3) is 1.64. The molecule has 4 nitrogen and oxygen atoms in total. The fourth-order valence-electron chi connectivity index (χ4n) is 11.7. The maximum atomic E-state index is 12.5. The Bertz CT molecular complexity index is 1130. The average Bonchev–Trinajstić information content (AvgIpc) is 3.39. The summed E-state index contributed by atoms with van der Waals surface area (Å²) in [5.41, 5.74) is 1.27. The highest BCUT2D eigenvalue weighted by Crippen LogP contribution is 2.95. The molecule has 0 saturated heterocycles. The van der Waals surface area contributed by atoms with Crippen molar-refractivity contribution in [1.82, 2.24) is 0 Å². The van der Waals surface area contributed by atoms with Gasteiger partial charge in [0.2, 0.25) is 0 Å². The van der Waals surface area contributed by atoms with E-state index in [-0.39, 0.29) is 33.7 Å². The number of hydrogen-bond donors (Lipinski definition) is 1. The van der Waals surface area contributed by atoms with Crippen molar-refractivity contribution < 1.29 is 19.3 Å². The van der Waals surface area contributed by atoms with Gasteiger partial charge in [-0.25, -0.2) is 0 Å². The highest BCUT2D eigenvalue weighted by molar-refractivity contribution is 5.67. The maximum Gasteiger partial charge on any atom is 0.165 e. The van der Waals surface area contributed by atoms with E-state index in [1.807, 2.05) is 7.11 Å². The Morgan fingerprint density at radius 1 is 1.12 bits per heavy atom. The topological polar surface area (TPSA) is 47.9 Å². The molecule has 6 aliphatic rings. The molecule has 5 aliphatic carbocycles. The van der Waals surface area contributed by atoms with E-state index in [1.54, 1.807) is 7.11 Å². The lowest BCUT2D eigenvalue weighted by Gasteiger charge is -2.61. The minimum absolute atomic E-state index is 0.0609. The zero-order chi connectivity index (χ0) is 24.5. The van der Waals surface area contributed by atoms with Gasteiger partial charge in [-0.05, 0) is 72.3 Å². The highest BCUT2D eigenvalue weighted by atomic mass is 16.6. The van der Waals surface area contributed by atoms with Crippen LogP contribution >= 0.6 is 0 Å². The second kappa shape index (κ2) is 5.52. The molecule has 7 rings (SSSR count). The number of benzene rings is 1. The molecule has 1 aromatic rings. The average molecular weight is 467 g/mol. The van der Waals surface area contributed by atoms with Crippen LogP contribution < -0.4 is 9.47 Å². The van der Waals surface area contributed by atoms with Gasteiger partial charge in [0.1, 0.15) is 11.7 Å². The first-order valence-electron chi connectivity index (χ1n) is 13.5. The number of rotatable bonds is 4. The molecular weight excluding hydrogens is 424 g/mol. The lowest BCUT2D eigenvalue weighted by atomic mass is 9.44. The van der Waals surface area contributed by atoms with Crippen LogP contribution in [0.4, 0.5) is 0 Å². The molecule has 4 saturated carbocycles. The van der Waals surface area contributed by atoms with Gasteiger partial charge < -0.3 is 19.3 Å². The molecule has 1 N–H and O–H groups in total. The molecule has 4 fully saturated rings. The Balaban J connectivity index is 1.57. The van der Waals surface area contributed by atoms with E-state index < -0.39 is 11.2 Å². The van der Waals surface area contributed by atoms with Crippen molar-refractivity contribution >= 4 is 0 Å². The first-order valence-corrected chi connectivity index (χ1v) is 13.5. The summed E-state index contributed by atoms with van der Waals surface area (Å²) in [6.45, 7) is 15.9. The minimum atomic E-state index is -0.897. The standard InChI is InChI=1S/C30H42O4/c1-10-27-15-29(25(7,31)24(4,5)6)17(3)30(29,33-9)23-28(27)14-26(16(2)22(26)27)13-18-11-12-19(32-8)21(34-23)20(18)28/h11-12,16-17,22-23,31H,10,13-15H2,1-9H3/t16-,17+,22+,23+,25+,26?,27+,28-,29+,30-/m0/s1. The van der Waals surface area contributed by atoms with E-state index in [0.717, 1.165) is 36.7 Å². The van der Waals surface area contributed by atoms with Gasteiger partial charge in [-0.2, -0.15) is 0 Å². The summed E-state index contributed by atoms with van der Waals surface area (Å²) in [5.74, 6) is 3.43. The molecule has 186 valence electrons. The first-order chi connectivity index (χ1) is 15.8. The molecule has 1 aromatic carbocycles. The van der Waals surface area contributed by atoms with Crippen LogP contribution in [0.5, 0.6) is 11.5 Å². The van der Waals surface area contributed by atoms with E-state index in [2.05, 4.69) is 60.6 Å². The fraction of sp³-hybridized carbons (Fsp3) is 0.800. The minimum Gasteiger partial charge on any atom is -0.493 e. The van der Waals surface area contributed by atoms with Gasteiger partial charge in [0.15, 0.2) is 11.5 Å².